The number of hydrogen-bond acceptors (Lipinski definition) is 1. The molecular weight excluding hydrogens is 278 g/mol. The second-order valence-electron chi connectivity index (χ2n) is 5.95. The van der Waals surface area contributed by atoms with Crippen molar-refractivity contribution in [3.05, 3.63) is 34.9 Å². The van der Waals surface area contributed by atoms with Crippen molar-refractivity contribution in [1.82, 2.24) is 5.32 Å². The second kappa shape index (κ2) is 13.2. The average Bonchev–Trinajstić information content (AvgIpc) is 2.50. The summed E-state index contributed by atoms with van der Waals surface area (Å²) in [5, 5.41) is 4.35. The third-order valence-electron chi connectivity index (χ3n) is 3.98. The monoisotopic (exact) mass is 309 g/mol. The maximum Gasteiger partial charge on any atom is 0.0450 e. The summed E-state index contributed by atoms with van der Waals surface area (Å²) in [6.45, 7) is 4.26. The number of hydrogen-bond donors (Lipinski definition) is 1. The van der Waals surface area contributed by atoms with Gasteiger partial charge in [0.1, 0.15) is 0 Å². The zero-order valence-electron chi connectivity index (χ0n) is 13.7. The molecule has 0 heterocycles. The Labute approximate surface area is 136 Å². The van der Waals surface area contributed by atoms with Crippen LogP contribution in [0.4, 0.5) is 0 Å². The molecule has 120 valence electrons. The molecule has 0 spiro atoms. The van der Waals surface area contributed by atoms with Crippen LogP contribution in [0.3, 0.4) is 0 Å². The molecule has 0 aliphatic heterocycles. The molecule has 0 saturated heterocycles. The molecule has 0 atom stereocenters. The van der Waals surface area contributed by atoms with E-state index in [4.69, 9.17) is 11.6 Å². The highest BCUT2D eigenvalue weighted by molar-refractivity contribution is 6.31. The minimum absolute atomic E-state index is 0.869. The van der Waals surface area contributed by atoms with E-state index < -0.39 is 0 Å². The Bertz CT molecular complexity index is 351. The number of nitrogens with one attached hydrogen (secondary N) is 1. The third kappa shape index (κ3) is 9.92. The lowest BCUT2D eigenvalue weighted by atomic mass is 10.1. The van der Waals surface area contributed by atoms with Gasteiger partial charge in [0.05, 0.1) is 0 Å². The van der Waals surface area contributed by atoms with Crippen LogP contribution in [0.25, 0.3) is 0 Å². The van der Waals surface area contributed by atoms with E-state index in [2.05, 4.69) is 18.3 Å². The quantitative estimate of drug-likeness (QED) is 0.419. The van der Waals surface area contributed by atoms with Gasteiger partial charge in [-0.15, -0.1) is 0 Å². The molecule has 0 bridgehead atoms. The molecule has 0 radical (unpaired) electrons. The molecule has 1 aromatic rings. The second-order valence-corrected chi connectivity index (χ2v) is 6.36. The average molecular weight is 310 g/mol. The van der Waals surface area contributed by atoms with Crippen LogP contribution in [0.5, 0.6) is 0 Å². The Morgan fingerprint density at radius 2 is 1.38 bits per heavy atom. The first-order valence-corrected chi connectivity index (χ1v) is 9.16. The lowest BCUT2D eigenvalue weighted by Gasteiger charge is -2.06. The van der Waals surface area contributed by atoms with Gasteiger partial charge in [-0.05, 0) is 24.6 Å². The van der Waals surface area contributed by atoms with E-state index in [0.717, 1.165) is 18.1 Å². The van der Waals surface area contributed by atoms with Gasteiger partial charge in [0.2, 0.25) is 0 Å². The van der Waals surface area contributed by atoms with Crippen LogP contribution in [0, 0.1) is 0 Å². The Hall–Kier alpha value is -0.530. The number of rotatable bonds is 13. The Balaban J connectivity index is 1.84. The van der Waals surface area contributed by atoms with E-state index >= 15 is 0 Å². The fourth-order valence-electron chi connectivity index (χ4n) is 2.60. The number of benzene rings is 1. The van der Waals surface area contributed by atoms with Gasteiger partial charge in [-0.25, -0.2) is 0 Å². The van der Waals surface area contributed by atoms with Crippen LogP contribution in [-0.4, -0.2) is 6.54 Å². The summed E-state index contributed by atoms with van der Waals surface area (Å²) in [7, 11) is 0. The van der Waals surface area contributed by atoms with E-state index in [9.17, 15) is 0 Å². The van der Waals surface area contributed by atoms with E-state index in [0.29, 0.717) is 0 Å². The van der Waals surface area contributed by atoms with Crippen molar-refractivity contribution >= 4 is 11.6 Å². The minimum atomic E-state index is 0.869. The lowest BCUT2D eigenvalue weighted by molar-refractivity contribution is 0.543. The Kier molecular flexibility index (Phi) is 11.6. The highest BCUT2D eigenvalue weighted by Crippen LogP contribution is 2.14. The molecule has 0 aromatic heterocycles. The molecule has 0 saturated carbocycles. The SMILES string of the molecule is CCCCCCCCCCCCNCc1ccccc1Cl. The molecule has 2 heteroatoms. The molecule has 0 amide bonds. The fraction of sp³-hybridized carbons (Fsp3) is 0.684. The van der Waals surface area contributed by atoms with Gasteiger partial charge in [-0.2, -0.15) is 0 Å². The largest absolute Gasteiger partial charge is 0.313 e. The van der Waals surface area contributed by atoms with Gasteiger partial charge in [-0.3, -0.25) is 0 Å². The van der Waals surface area contributed by atoms with Gasteiger partial charge >= 0.3 is 0 Å². The summed E-state index contributed by atoms with van der Waals surface area (Å²) in [6, 6.07) is 8.07. The van der Waals surface area contributed by atoms with Crippen molar-refractivity contribution in [3.63, 3.8) is 0 Å². The van der Waals surface area contributed by atoms with Gasteiger partial charge in [0, 0.05) is 11.6 Å². The van der Waals surface area contributed by atoms with E-state index in [1.807, 2.05) is 18.2 Å². The maximum atomic E-state index is 6.13. The van der Waals surface area contributed by atoms with Crippen LogP contribution >= 0.6 is 11.6 Å². The maximum absolute atomic E-state index is 6.13. The third-order valence-corrected chi connectivity index (χ3v) is 4.35. The summed E-state index contributed by atoms with van der Waals surface area (Å²) < 4.78 is 0. The Morgan fingerprint density at radius 1 is 0.810 bits per heavy atom. The van der Waals surface area contributed by atoms with Gasteiger partial charge in [0.25, 0.3) is 0 Å². The summed E-state index contributed by atoms with van der Waals surface area (Å²) in [4.78, 5) is 0. The van der Waals surface area contributed by atoms with Crippen molar-refractivity contribution in [1.29, 1.82) is 0 Å². The first-order valence-electron chi connectivity index (χ1n) is 8.78. The van der Waals surface area contributed by atoms with Gasteiger partial charge in [-0.1, -0.05) is 94.5 Å². The highest BCUT2D eigenvalue weighted by atomic mass is 35.5. The van der Waals surface area contributed by atoms with Crippen molar-refractivity contribution < 1.29 is 0 Å². The van der Waals surface area contributed by atoms with Crippen molar-refractivity contribution in [3.8, 4) is 0 Å². The molecule has 1 aromatic carbocycles. The predicted molar refractivity (Wildman–Crippen MR) is 95.0 cm³/mol. The van der Waals surface area contributed by atoms with Crippen LogP contribution in [0.2, 0.25) is 5.02 Å². The fourth-order valence-corrected chi connectivity index (χ4v) is 2.80. The van der Waals surface area contributed by atoms with Crippen molar-refractivity contribution in [2.45, 2.75) is 77.7 Å². The molecule has 0 fully saturated rings. The molecule has 1 N–H and O–H groups in total. The molecule has 0 unspecified atom stereocenters. The zero-order valence-corrected chi connectivity index (χ0v) is 14.4. The molecule has 21 heavy (non-hydrogen) atoms. The molecule has 0 aliphatic carbocycles. The molecule has 1 rings (SSSR count). The van der Waals surface area contributed by atoms with E-state index in [1.54, 1.807) is 0 Å². The van der Waals surface area contributed by atoms with Crippen LogP contribution < -0.4 is 5.32 Å². The topological polar surface area (TPSA) is 12.0 Å². The predicted octanol–water partition coefficient (Wildman–Crippen LogP) is 6.35. The van der Waals surface area contributed by atoms with Crippen LogP contribution in [0.1, 0.15) is 76.7 Å². The zero-order chi connectivity index (χ0) is 15.2. The number of unbranched alkanes of at least 4 members (excludes halogenated alkanes) is 9. The normalized spacial score (nSPS) is 11.0. The smallest absolute Gasteiger partial charge is 0.0450 e. The first-order chi connectivity index (χ1) is 10.3. The van der Waals surface area contributed by atoms with Gasteiger partial charge < -0.3 is 5.32 Å². The van der Waals surface area contributed by atoms with Crippen molar-refractivity contribution in [2.24, 2.45) is 0 Å². The first kappa shape index (κ1) is 18.5. The van der Waals surface area contributed by atoms with E-state index in [1.165, 1.54) is 69.8 Å². The summed E-state index contributed by atoms with van der Waals surface area (Å²) >= 11 is 6.13. The molecule has 0 aliphatic rings. The minimum Gasteiger partial charge on any atom is -0.313 e. The van der Waals surface area contributed by atoms with Crippen molar-refractivity contribution in [2.75, 3.05) is 6.54 Å². The summed E-state index contributed by atoms with van der Waals surface area (Å²) in [5.74, 6) is 0. The molecular formula is C19H32ClN. The Morgan fingerprint density at radius 3 is 2.00 bits per heavy atom. The highest BCUT2D eigenvalue weighted by Gasteiger charge is 1.97. The molecule has 1 nitrogen and oxygen atoms in total. The summed E-state index contributed by atoms with van der Waals surface area (Å²) in [6.07, 6.45) is 13.9. The van der Waals surface area contributed by atoms with Gasteiger partial charge in [0.15, 0.2) is 0 Å². The van der Waals surface area contributed by atoms with E-state index in [-0.39, 0.29) is 0 Å². The standard InChI is InChI=1S/C19H32ClN/c1-2-3-4-5-6-7-8-9-10-13-16-21-17-18-14-11-12-15-19(18)20/h11-12,14-15,21H,2-10,13,16-17H2,1H3. The number of halogens is 1. The van der Waals surface area contributed by atoms with Crippen LogP contribution in [-0.2, 0) is 6.54 Å². The van der Waals surface area contributed by atoms with Crippen LogP contribution in [0.15, 0.2) is 24.3 Å². The lowest BCUT2D eigenvalue weighted by Crippen LogP contribution is -2.14. The summed E-state index contributed by atoms with van der Waals surface area (Å²) in [5.41, 5.74) is 1.20.